The van der Waals surface area contributed by atoms with Gasteiger partial charge < -0.3 is 10.2 Å². The summed E-state index contributed by atoms with van der Waals surface area (Å²) in [4.78, 5) is 27.1. The van der Waals surface area contributed by atoms with Crippen molar-refractivity contribution in [3.05, 3.63) is 69.7 Å². The van der Waals surface area contributed by atoms with Gasteiger partial charge in [0.15, 0.2) is 0 Å². The molecule has 0 heterocycles. The van der Waals surface area contributed by atoms with Crippen LogP contribution in [0.3, 0.4) is 0 Å². The fourth-order valence-electron chi connectivity index (χ4n) is 2.90. The van der Waals surface area contributed by atoms with Crippen LogP contribution < -0.4 is 5.32 Å². The van der Waals surface area contributed by atoms with Gasteiger partial charge in [-0.25, -0.2) is 0 Å². The molecular formula is C21H24Cl2N2O2. The maximum Gasteiger partial charge on any atom is 0.243 e. The van der Waals surface area contributed by atoms with E-state index in [2.05, 4.69) is 5.32 Å². The molecule has 2 aromatic carbocycles. The fourth-order valence-corrected chi connectivity index (χ4v) is 3.42. The third-order valence-electron chi connectivity index (χ3n) is 4.31. The number of nitrogens with zero attached hydrogens (tertiary/aromatic N) is 1. The molecule has 0 aliphatic carbocycles. The standard InChI is InChI=1S/C21H24Cl2N2O2/c1-3-20(26)25(14-16-17(22)11-8-12-18(16)23)19(21(27)24-4-2)13-15-9-6-5-7-10-15/h5-12,19H,3-4,13-14H2,1-2H3,(H,24,27)/t19-/m0/s1. The molecule has 2 aromatic rings. The number of carbonyl (C=O) groups excluding carboxylic acids is 2. The van der Waals surface area contributed by atoms with Crippen molar-refractivity contribution in [3.63, 3.8) is 0 Å². The number of rotatable bonds is 8. The Kier molecular flexibility index (Phi) is 8.14. The molecule has 2 rings (SSSR count). The lowest BCUT2D eigenvalue weighted by Crippen LogP contribution is -2.50. The maximum absolute atomic E-state index is 12.8. The van der Waals surface area contributed by atoms with Crippen LogP contribution in [-0.4, -0.2) is 29.3 Å². The van der Waals surface area contributed by atoms with Gasteiger partial charge in [-0.3, -0.25) is 9.59 Å². The highest BCUT2D eigenvalue weighted by molar-refractivity contribution is 6.36. The average Bonchev–Trinajstić information content (AvgIpc) is 2.67. The number of likely N-dealkylation sites (N-methyl/N-ethyl adjacent to an activating group) is 1. The van der Waals surface area contributed by atoms with Crippen LogP contribution in [0.25, 0.3) is 0 Å². The van der Waals surface area contributed by atoms with Crippen LogP contribution in [0, 0.1) is 0 Å². The Morgan fingerprint density at radius 1 is 1.00 bits per heavy atom. The van der Waals surface area contributed by atoms with E-state index in [1.807, 2.05) is 37.3 Å². The van der Waals surface area contributed by atoms with Crippen LogP contribution in [0.4, 0.5) is 0 Å². The van der Waals surface area contributed by atoms with Crippen molar-refractivity contribution < 1.29 is 9.59 Å². The van der Waals surface area contributed by atoms with E-state index in [0.29, 0.717) is 28.6 Å². The van der Waals surface area contributed by atoms with Gasteiger partial charge in [-0.15, -0.1) is 0 Å². The highest BCUT2D eigenvalue weighted by atomic mass is 35.5. The molecule has 0 fully saturated rings. The van der Waals surface area contributed by atoms with E-state index in [1.165, 1.54) is 0 Å². The summed E-state index contributed by atoms with van der Waals surface area (Å²) < 4.78 is 0. The SMILES string of the molecule is CCNC(=O)[C@H](Cc1ccccc1)N(Cc1c(Cl)cccc1Cl)C(=O)CC. The van der Waals surface area contributed by atoms with Gasteiger partial charge >= 0.3 is 0 Å². The molecule has 0 saturated heterocycles. The number of benzene rings is 2. The second-order valence-electron chi connectivity index (χ2n) is 6.18. The quantitative estimate of drug-likeness (QED) is 0.702. The highest BCUT2D eigenvalue weighted by Crippen LogP contribution is 2.27. The summed E-state index contributed by atoms with van der Waals surface area (Å²) in [5.74, 6) is -0.315. The van der Waals surface area contributed by atoms with Gasteiger partial charge in [0.1, 0.15) is 6.04 Å². The van der Waals surface area contributed by atoms with Crippen LogP contribution >= 0.6 is 23.2 Å². The van der Waals surface area contributed by atoms with Gasteiger partial charge in [0.2, 0.25) is 11.8 Å². The van der Waals surface area contributed by atoms with Crippen molar-refractivity contribution in [1.82, 2.24) is 10.2 Å². The van der Waals surface area contributed by atoms with E-state index in [4.69, 9.17) is 23.2 Å². The summed E-state index contributed by atoms with van der Waals surface area (Å²) in [6, 6.07) is 14.2. The van der Waals surface area contributed by atoms with Gasteiger partial charge in [-0.05, 0) is 24.6 Å². The highest BCUT2D eigenvalue weighted by Gasteiger charge is 2.30. The lowest BCUT2D eigenvalue weighted by molar-refractivity contribution is -0.141. The molecule has 1 N–H and O–H groups in total. The lowest BCUT2D eigenvalue weighted by atomic mass is 10.0. The summed E-state index contributed by atoms with van der Waals surface area (Å²) >= 11 is 12.6. The third kappa shape index (κ3) is 5.72. The molecule has 0 aliphatic rings. The van der Waals surface area contributed by atoms with E-state index in [-0.39, 0.29) is 24.8 Å². The summed E-state index contributed by atoms with van der Waals surface area (Å²) in [6.07, 6.45) is 0.702. The van der Waals surface area contributed by atoms with Gasteiger partial charge in [0.25, 0.3) is 0 Å². The van der Waals surface area contributed by atoms with Crippen LogP contribution in [0.15, 0.2) is 48.5 Å². The maximum atomic E-state index is 12.8. The fraction of sp³-hybridized carbons (Fsp3) is 0.333. The van der Waals surface area contributed by atoms with Crippen LogP contribution in [0.2, 0.25) is 10.0 Å². The summed E-state index contributed by atoms with van der Waals surface area (Å²) in [7, 11) is 0. The van der Waals surface area contributed by atoms with Crippen LogP contribution in [0.1, 0.15) is 31.4 Å². The minimum atomic E-state index is -0.646. The second kappa shape index (κ2) is 10.3. The Bertz CT molecular complexity index is 761. The minimum Gasteiger partial charge on any atom is -0.355 e. The molecule has 2 amide bonds. The molecule has 0 aliphatic heterocycles. The largest absolute Gasteiger partial charge is 0.355 e. The summed E-state index contributed by atoms with van der Waals surface area (Å²) in [5, 5.41) is 3.80. The zero-order valence-corrected chi connectivity index (χ0v) is 17.1. The molecule has 0 radical (unpaired) electrons. The molecule has 0 saturated carbocycles. The van der Waals surface area contributed by atoms with E-state index in [9.17, 15) is 9.59 Å². The predicted octanol–water partition coefficient (Wildman–Crippen LogP) is 4.48. The van der Waals surface area contributed by atoms with Crippen LogP contribution in [-0.2, 0) is 22.6 Å². The van der Waals surface area contributed by atoms with Crippen molar-refractivity contribution in [1.29, 1.82) is 0 Å². The smallest absolute Gasteiger partial charge is 0.243 e. The molecule has 27 heavy (non-hydrogen) atoms. The number of carbonyl (C=O) groups is 2. The Morgan fingerprint density at radius 2 is 1.63 bits per heavy atom. The Balaban J connectivity index is 2.40. The van der Waals surface area contributed by atoms with E-state index in [0.717, 1.165) is 5.56 Å². The molecule has 0 bridgehead atoms. The Morgan fingerprint density at radius 3 is 2.19 bits per heavy atom. The number of hydrogen-bond acceptors (Lipinski definition) is 2. The topological polar surface area (TPSA) is 49.4 Å². The second-order valence-corrected chi connectivity index (χ2v) is 6.99. The van der Waals surface area contributed by atoms with E-state index in [1.54, 1.807) is 30.0 Å². The number of halogens is 2. The van der Waals surface area contributed by atoms with Gasteiger partial charge in [0.05, 0.1) is 0 Å². The summed E-state index contributed by atoms with van der Waals surface area (Å²) in [6.45, 7) is 4.31. The predicted molar refractivity (Wildman–Crippen MR) is 110 cm³/mol. The van der Waals surface area contributed by atoms with Gasteiger partial charge in [-0.2, -0.15) is 0 Å². The van der Waals surface area contributed by atoms with E-state index < -0.39 is 6.04 Å². The van der Waals surface area contributed by atoms with Crippen molar-refractivity contribution in [2.24, 2.45) is 0 Å². The minimum absolute atomic E-state index is 0.127. The van der Waals surface area contributed by atoms with Crippen molar-refractivity contribution in [3.8, 4) is 0 Å². The molecule has 0 spiro atoms. The molecule has 4 nitrogen and oxygen atoms in total. The number of nitrogens with one attached hydrogen (secondary N) is 1. The van der Waals surface area contributed by atoms with Gasteiger partial charge in [0, 0.05) is 41.5 Å². The Labute approximate surface area is 170 Å². The molecule has 1 atom stereocenters. The first-order valence-corrected chi connectivity index (χ1v) is 9.77. The third-order valence-corrected chi connectivity index (χ3v) is 5.02. The van der Waals surface area contributed by atoms with Crippen LogP contribution in [0.5, 0.6) is 0 Å². The summed E-state index contributed by atoms with van der Waals surface area (Å²) in [5.41, 5.74) is 1.62. The molecule has 144 valence electrons. The van der Waals surface area contributed by atoms with Gasteiger partial charge in [-0.1, -0.05) is 66.5 Å². The van der Waals surface area contributed by atoms with Crippen molar-refractivity contribution in [2.75, 3.05) is 6.54 Å². The Hall–Kier alpha value is -2.04. The first-order valence-electron chi connectivity index (χ1n) is 9.01. The average molecular weight is 407 g/mol. The normalized spacial score (nSPS) is 11.7. The van der Waals surface area contributed by atoms with E-state index >= 15 is 0 Å². The molecule has 0 unspecified atom stereocenters. The monoisotopic (exact) mass is 406 g/mol. The zero-order valence-electron chi connectivity index (χ0n) is 15.5. The van der Waals surface area contributed by atoms with Crippen molar-refractivity contribution in [2.45, 2.75) is 39.3 Å². The number of amides is 2. The zero-order chi connectivity index (χ0) is 19.8. The molecule has 6 heteroatoms. The number of hydrogen-bond donors (Lipinski definition) is 1. The molecular weight excluding hydrogens is 383 g/mol. The lowest BCUT2D eigenvalue weighted by Gasteiger charge is -2.31. The molecule has 0 aromatic heterocycles. The first-order chi connectivity index (χ1) is 13.0. The van der Waals surface area contributed by atoms with Crippen molar-refractivity contribution >= 4 is 35.0 Å². The first kappa shape index (κ1) is 21.3.